The van der Waals surface area contributed by atoms with Crippen LogP contribution in [0.2, 0.25) is 0 Å². The van der Waals surface area contributed by atoms with Gasteiger partial charge in [0.1, 0.15) is 0 Å². The largest absolute Gasteiger partial charge is 0.481 e. The molecule has 1 aliphatic rings. The van der Waals surface area contributed by atoms with Crippen LogP contribution >= 0.6 is 0 Å². The van der Waals surface area contributed by atoms with E-state index in [1.807, 2.05) is 38.1 Å². The van der Waals surface area contributed by atoms with E-state index >= 15 is 0 Å². The van der Waals surface area contributed by atoms with Gasteiger partial charge in [0.15, 0.2) is 0 Å². The molecule has 1 aromatic carbocycles. The summed E-state index contributed by atoms with van der Waals surface area (Å²) in [7, 11) is 3.93. The van der Waals surface area contributed by atoms with E-state index in [4.69, 9.17) is 0 Å². The van der Waals surface area contributed by atoms with E-state index in [-0.39, 0.29) is 0 Å². The molecule has 1 fully saturated rings. The number of aryl methyl sites for hydroxylation is 1. The summed E-state index contributed by atoms with van der Waals surface area (Å²) >= 11 is 0. The molecule has 0 aliphatic heterocycles. The maximum absolute atomic E-state index is 11.5. The van der Waals surface area contributed by atoms with E-state index < -0.39 is 11.4 Å². The van der Waals surface area contributed by atoms with Crippen LogP contribution < -0.4 is 4.90 Å². The molecule has 1 aliphatic carbocycles. The maximum Gasteiger partial charge on any atom is 0.314 e. The van der Waals surface area contributed by atoms with Crippen LogP contribution in [0.1, 0.15) is 30.4 Å². The highest BCUT2D eigenvalue weighted by Crippen LogP contribution is 2.47. The SMILES string of the molecule is Cc1ccc(C2(C(=O)O)CCC2)c(N(C)C)c1. The summed E-state index contributed by atoms with van der Waals surface area (Å²) < 4.78 is 0. The average molecular weight is 233 g/mol. The highest BCUT2D eigenvalue weighted by molar-refractivity contribution is 5.85. The number of rotatable bonds is 3. The molecule has 0 spiro atoms. The Labute approximate surface area is 102 Å². The first-order chi connectivity index (χ1) is 7.97. The molecule has 0 saturated heterocycles. The molecular weight excluding hydrogens is 214 g/mol. The van der Waals surface area contributed by atoms with Crippen LogP contribution in [0.5, 0.6) is 0 Å². The van der Waals surface area contributed by atoms with Gasteiger partial charge in [-0.15, -0.1) is 0 Å². The summed E-state index contributed by atoms with van der Waals surface area (Å²) in [5.41, 5.74) is 2.52. The Kier molecular flexibility index (Phi) is 2.86. The van der Waals surface area contributed by atoms with Crippen molar-refractivity contribution < 1.29 is 9.90 Å². The molecule has 3 heteroatoms. The molecular formula is C14H19NO2. The molecule has 1 N–H and O–H groups in total. The van der Waals surface area contributed by atoms with Crippen molar-refractivity contribution in [3.63, 3.8) is 0 Å². The normalized spacial score (nSPS) is 17.4. The number of hydrogen-bond donors (Lipinski definition) is 1. The van der Waals surface area contributed by atoms with Crippen molar-refractivity contribution in [2.24, 2.45) is 0 Å². The monoisotopic (exact) mass is 233 g/mol. The van der Waals surface area contributed by atoms with E-state index in [1.54, 1.807) is 0 Å². The molecule has 0 bridgehead atoms. The maximum atomic E-state index is 11.5. The number of carbonyl (C=O) groups is 1. The van der Waals surface area contributed by atoms with Gasteiger partial charge in [0.25, 0.3) is 0 Å². The second-order valence-electron chi connectivity index (χ2n) is 5.16. The van der Waals surface area contributed by atoms with Gasteiger partial charge in [-0.2, -0.15) is 0 Å². The van der Waals surface area contributed by atoms with Gasteiger partial charge in [-0.05, 0) is 37.0 Å². The molecule has 1 saturated carbocycles. The molecule has 92 valence electrons. The lowest BCUT2D eigenvalue weighted by Crippen LogP contribution is -2.43. The standard InChI is InChI=1S/C14H19NO2/c1-10-5-6-11(12(9-10)15(2)3)14(13(16)17)7-4-8-14/h5-6,9H,4,7-8H2,1-3H3,(H,16,17). The third kappa shape index (κ3) is 1.79. The number of hydrogen-bond acceptors (Lipinski definition) is 2. The molecule has 1 aromatic rings. The van der Waals surface area contributed by atoms with Crippen molar-refractivity contribution in [2.45, 2.75) is 31.6 Å². The molecule has 0 unspecified atom stereocenters. The lowest BCUT2D eigenvalue weighted by Gasteiger charge is -2.40. The highest BCUT2D eigenvalue weighted by Gasteiger charge is 2.47. The number of carboxylic acid groups (broad SMARTS) is 1. The minimum Gasteiger partial charge on any atom is -0.481 e. The fraction of sp³-hybridized carbons (Fsp3) is 0.500. The van der Waals surface area contributed by atoms with Crippen LogP contribution in [0.4, 0.5) is 5.69 Å². The molecule has 17 heavy (non-hydrogen) atoms. The zero-order chi connectivity index (χ0) is 12.6. The van der Waals surface area contributed by atoms with E-state index in [0.717, 1.165) is 36.1 Å². The minimum absolute atomic E-state index is 0.646. The predicted molar refractivity (Wildman–Crippen MR) is 68.7 cm³/mol. The van der Waals surface area contributed by atoms with Gasteiger partial charge in [0.05, 0.1) is 5.41 Å². The van der Waals surface area contributed by atoms with E-state index in [0.29, 0.717) is 0 Å². The predicted octanol–water partition coefficient (Wildman–Crippen LogP) is 2.57. The first-order valence-corrected chi connectivity index (χ1v) is 5.99. The number of benzene rings is 1. The van der Waals surface area contributed by atoms with Crippen molar-refractivity contribution in [1.29, 1.82) is 0 Å². The zero-order valence-electron chi connectivity index (χ0n) is 10.7. The third-order valence-corrected chi connectivity index (χ3v) is 3.77. The smallest absolute Gasteiger partial charge is 0.314 e. The lowest BCUT2D eigenvalue weighted by molar-refractivity contribution is -0.147. The number of carboxylic acids is 1. The number of aliphatic carboxylic acids is 1. The van der Waals surface area contributed by atoms with Crippen LogP contribution in [0.15, 0.2) is 18.2 Å². The first kappa shape index (κ1) is 12.0. The summed E-state index contributed by atoms with van der Waals surface area (Å²) in [4.78, 5) is 13.6. The first-order valence-electron chi connectivity index (χ1n) is 5.99. The lowest BCUT2D eigenvalue weighted by atomic mass is 9.64. The van der Waals surface area contributed by atoms with Gasteiger partial charge in [-0.3, -0.25) is 4.79 Å². The molecule has 0 atom stereocenters. The summed E-state index contributed by atoms with van der Waals surface area (Å²) in [6, 6.07) is 6.06. The highest BCUT2D eigenvalue weighted by atomic mass is 16.4. The van der Waals surface area contributed by atoms with E-state index in [9.17, 15) is 9.90 Å². The number of nitrogens with zero attached hydrogens (tertiary/aromatic N) is 1. The van der Waals surface area contributed by atoms with Crippen LogP contribution in [0.25, 0.3) is 0 Å². The molecule has 0 aromatic heterocycles. The zero-order valence-corrected chi connectivity index (χ0v) is 10.7. The van der Waals surface area contributed by atoms with E-state index in [2.05, 4.69) is 6.07 Å². The molecule has 3 nitrogen and oxygen atoms in total. The minimum atomic E-state index is -0.685. The fourth-order valence-electron chi connectivity index (χ4n) is 2.55. The molecule has 0 amide bonds. The topological polar surface area (TPSA) is 40.5 Å². The molecule has 0 heterocycles. The Balaban J connectivity index is 2.54. The number of anilines is 1. The van der Waals surface area contributed by atoms with Crippen molar-refractivity contribution in [3.05, 3.63) is 29.3 Å². The Morgan fingerprint density at radius 2 is 2.00 bits per heavy atom. The van der Waals surface area contributed by atoms with Gasteiger partial charge in [-0.1, -0.05) is 18.6 Å². The van der Waals surface area contributed by atoms with Crippen LogP contribution in [0, 0.1) is 6.92 Å². The summed E-state index contributed by atoms with van der Waals surface area (Å²) in [6.07, 6.45) is 2.52. The third-order valence-electron chi connectivity index (χ3n) is 3.77. The summed E-state index contributed by atoms with van der Waals surface area (Å²) in [5.74, 6) is -0.685. The van der Waals surface area contributed by atoms with Crippen molar-refractivity contribution in [1.82, 2.24) is 0 Å². The van der Waals surface area contributed by atoms with Crippen LogP contribution in [-0.2, 0) is 10.2 Å². The van der Waals surface area contributed by atoms with Gasteiger partial charge in [0.2, 0.25) is 0 Å². The van der Waals surface area contributed by atoms with Crippen molar-refractivity contribution in [2.75, 3.05) is 19.0 Å². The van der Waals surface area contributed by atoms with Crippen molar-refractivity contribution in [3.8, 4) is 0 Å². The molecule has 2 rings (SSSR count). The van der Waals surface area contributed by atoms with Gasteiger partial charge >= 0.3 is 5.97 Å². The van der Waals surface area contributed by atoms with Gasteiger partial charge in [0, 0.05) is 19.8 Å². The molecule has 0 radical (unpaired) electrons. The fourth-order valence-corrected chi connectivity index (χ4v) is 2.55. The Morgan fingerprint density at radius 3 is 2.41 bits per heavy atom. The second kappa shape index (κ2) is 4.06. The Morgan fingerprint density at radius 1 is 1.35 bits per heavy atom. The quantitative estimate of drug-likeness (QED) is 0.872. The van der Waals surface area contributed by atoms with Crippen molar-refractivity contribution >= 4 is 11.7 Å². The van der Waals surface area contributed by atoms with Crippen LogP contribution in [-0.4, -0.2) is 25.2 Å². The van der Waals surface area contributed by atoms with Crippen LogP contribution in [0.3, 0.4) is 0 Å². The van der Waals surface area contributed by atoms with Gasteiger partial charge < -0.3 is 10.0 Å². The summed E-state index contributed by atoms with van der Waals surface area (Å²) in [5, 5.41) is 9.49. The van der Waals surface area contributed by atoms with E-state index in [1.165, 1.54) is 0 Å². The average Bonchev–Trinajstić information content (AvgIpc) is 2.17. The summed E-state index contributed by atoms with van der Waals surface area (Å²) in [6.45, 7) is 2.03. The van der Waals surface area contributed by atoms with Gasteiger partial charge in [-0.25, -0.2) is 0 Å². The Hall–Kier alpha value is -1.51. The Bertz CT molecular complexity index is 448. The second-order valence-corrected chi connectivity index (χ2v) is 5.16.